The van der Waals surface area contributed by atoms with Gasteiger partial charge in [0.25, 0.3) is 0 Å². The third-order valence-corrected chi connectivity index (χ3v) is 3.81. The molecule has 0 aromatic carbocycles. The number of rotatable bonds is 5. The molecule has 0 bridgehead atoms. The average molecular weight is 208 g/mol. The van der Waals surface area contributed by atoms with Crippen LogP contribution in [-0.4, -0.2) is 25.8 Å². The molecule has 0 spiro atoms. The molecular formula is C8H20N2O2S. The fraction of sp³-hybridized carbons (Fsp3) is 1.00. The van der Waals surface area contributed by atoms with Crippen molar-refractivity contribution in [3.63, 3.8) is 0 Å². The van der Waals surface area contributed by atoms with Gasteiger partial charge in [-0.25, -0.2) is 13.1 Å². The van der Waals surface area contributed by atoms with Gasteiger partial charge >= 0.3 is 0 Å². The van der Waals surface area contributed by atoms with Crippen LogP contribution in [0, 0.1) is 0 Å². The van der Waals surface area contributed by atoms with Gasteiger partial charge < -0.3 is 5.73 Å². The number of hydrogen-bond acceptors (Lipinski definition) is 3. The Kier molecular flexibility index (Phi) is 4.35. The lowest BCUT2D eigenvalue weighted by molar-refractivity contribution is 0.387. The SMILES string of the molecule is CCCS(=O)(=O)NC(C)(C)C(C)N. The normalized spacial score (nSPS) is 15.8. The summed E-state index contributed by atoms with van der Waals surface area (Å²) in [6.07, 6.45) is 0.615. The summed E-state index contributed by atoms with van der Waals surface area (Å²) in [6, 6.07) is -0.209. The van der Waals surface area contributed by atoms with Crippen LogP contribution in [0.15, 0.2) is 0 Å². The molecule has 80 valence electrons. The number of sulfonamides is 1. The highest BCUT2D eigenvalue weighted by Crippen LogP contribution is 2.08. The van der Waals surface area contributed by atoms with Crippen molar-refractivity contribution in [3.05, 3.63) is 0 Å². The van der Waals surface area contributed by atoms with Crippen molar-refractivity contribution in [1.82, 2.24) is 4.72 Å². The van der Waals surface area contributed by atoms with Crippen LogP contribution in [0.4, 0.5) is 0 Å². The van der Waals surface area contributed by atoms with Crippen molar-refractivity contribution < 1.29 is 8.42 Å². The van der Waals surface area contributed by atoms with Gasteiger partial charge in [0.05, 0.1) is 5.75 Å². The molecule has 0 aromatic heterocycles. The second kappa shape index (κ2) is 4.39. The molecule has 13 heavy (non-hydrogen) atoms. The first-order valence-corrected chi connectivity index (χ1v) is 6.13. The van der Waals surface area contributed by atoms with Crippen LogP contribution < -0.4 is 10.5 Å². The average Bonchev–Trinajstić information content (AvgIpc) is 1.83. The summed E-state index contributed by atoms with van der Waals surface area (Å²) in [5.41, 5.74) is 5.07. The third-order valence-electron chi connectivity index (χ3n) is 2.03. The Morgan fingerprint density at radius 3 is 2.23 bits per heavy atom. The smallest absolute Gasteiger partial charge is 0.212 e. The fourth-order valence-corrected chi connectivity index (χ4v) is 2.44. The lowest BCUT2D eigenvalue weighted by Crippen LogP contribution is -2.54. The lowest BCUT2D eigenvalue weighted by atomic mass is 9.99. The molecule has 4 nitrogen and oxygen atoms in total. The van der Waals surface area contributed by atoms with Gasteiger partial charge in [0, 0.05) is 11.6 Å². The van der Waals surface area contributed by atoms with Crippen LogP contribution in [0.3, 0.4) is 0 Å². The summed E-state index contributed by atoms with van der Waals surface area (Å²) in [6.45, 7) is 7.18. The fourth-order valence-electron chi connectivity index (χ4n) is 0.813. The quantitative estimate of drug-likeness (QED) is 0.688. The Balaban J connectivity index is 4.43. The molecule has 1 unspecified atom stereocenters. The molecule has 0 aliphatic heterocycles. The molecule has 0 fully saturated rings. The maximum Gasteiger partial charge on any atom is 0.212 e. The van der Waals surface area contributed by atoms with E-state index in [-0.39, 0.29) is 11.8 Å². The largest absolute Gasteiger partial charge is 0.326 e. The van der Waals surface area contributed by atoms with E-state index < -0.39 is 15.6 Å². The third kappa shape index (κ3) is 4.59. The maximum absolute atomic E-state index is 11.4. The van der Waals surface area contributed by atoms with Gasteiger partial charge in [0.1, 0.15) is 0 Å². The topological polar surface area (TPSA) is 72.2 Å². The monoisotopic (exact) mass is 208 g/mol. The van der Waals surface area contributed by atoms with E-state index in [4.69, 9.17) is 5.73 Å². The number of nitrogens with one attached hydrogen (secondary N) is 1. The molecule has 0 aromatic rings. The second-order valence-electron chi connectivity index (χ2n) is 3.93. The van der Waals surface area contributed by atoms with Crippen molar-refractivity contribution in [2.45, 2.75) is 45.7 Å². The van der Waals surface area contributed by atoms with Crippen molar-refractivity contribution >= 4 is 10.0 Å². The predicted octanol–water partition coefficient (Wildman–Crippen LogP) is 0.442. The zero-order valence-electron chi connectivity index (χ0n) is 8.79. The Bertz CT molecular complexity index is 245. The van der Waals surface area contributed by atoms with E-state index >= 15 is 0 Å². The zero-order chi connectivity index (χ0) is 10.7. The summed E-state index contributed by atoms with van der Waals surface area (Å²) in [5, 5.41) is 0. The van der Waals surface area contributed by atoms with E-state index in [0.717, 1.165) is 0 Å². The maximum atomic E-state index is 11.4. The van der Waals surface area contributed by atoms with E-state index in [1.807, 2.05) is 6.92 Å². The molecule has 0 aliphatic rings. The summed E-state index contributed by atoms with van der Waals surface area (Å²) in [7, 11) is -3.16. The molecule has 1 atom stereocenters. The highest BCUT2D eigenvalue weighted by atomic mass is 32.2. The van der Waals surface area contributed by atoms with Gasteiger partial charge in [0.15, 0.2) is 0 Å². The van der Waals surface area contributed by atoms with Gasteiger partial charge in [-0.3, -0.25) is 0 Å². The first-order valence-electron chi connectivity index (χ1n) is 4.48. The molecule has 0 saturated carbocycles. The van der Waals surface area contributed by atoms with E-state index in [0.29, 0.717) is 6.42 Å². The van der Waals surface area contributed by atoms with E-state index in [2.05, 4.69) is 4.72 Å². The van der Waals surface area contributed by atoms with Gasteiger partial charge in [-0.1, -0.05) is 6.92 Å². The highest BCUT2D eigenvalue weighted by molar-refractivity contribution is 7.89. The molecule has 0 radical (unpaired) electrons. The standard InChI is InChI=1S/C8H20N2O2S/c1-5-6-13(11,12)10-8(3,4)7(2)9/h7,10H,5-6,9H2,1-4H3. The van der Waals surface area contributed by atoms with E-state index in [1.165, 1.54) is 0 Å². The van der Waals surface area contributed by atoms with Gasteiger partial charge in [0.2, 0.25) is 10.0 Å². The summed E-state index contributed by atoms with van der Waals surface area (Å²) < 4.78 is 25.3. The van der Waals surface area contributed by atoms with Gasteiger partial charge in [-0.2, -0.15) is 0 Å². The van der Waals surface area contributed by atoms with Crippen molar-refractivity contribution in [2.24, 2.45) is 5.73 Å². The zero-order valence-corrected chi connectivity index (χ0v) is 9.61. The number of hydrogen-bond donors (Lipinski definition) is 2. The Morgan fingerprint density at radius 2 is 1.92 bits per heavy atom. The molecule has 0 aliphatic carbocycles. The van der Waals surface area contributed by atoms with Crippen LogP contribution in [0.2, 0.25) is 0 Å². The van der Waals surface area contributed by atoms with E-state index in [1.54, 1.807) is 20.8 Å². The second-order valence-corrected chi connectivity index (χ2v) is 5.77. The Hall–Kier alpha value is -0.130. The molecule has 3 N–H and O–H groups in total. The Morgan fingerprint density at radius 1 is 1.46 bits per heavy atom. The van der Waals surface area contributed by atoms with Crippen LogP contribution in [0.25, 0.3) is 0 Å². The van der Waals surface area contributed by atoms with Crippen molar-refractivity contribution in [3.8, 4) is 0 Å². The van der Waals surface area contributed by atoms with Crippen LogP contribution in [0.1, 0.15) is 34.1 Å². The van der Waals surface area contributed by atoms with E-state index in [9.17, 15) is 8.42 Å². The summed E-state index contributed by atoms with van der Waals surface area (Å²) in [4.78, 5) is 0. The minimum absolute atomic E-state index is 0.156. The van der Waals surface area contributed by atoms with Crippen molar-refractivity contribution in [2.75, 3.05) is 5.75 Å². The lowest BCUT2D eigenvalue weighted by Gasteiger charge is -2.29. The molecular weight excluding hydrogens is 188 g/mol. The summed E-state index contributed by atoms with van der Waals surface area (Å²) >= 11 is 0. The van der Waals surface area contributed by atoms with Crippen molar-refractivity contribution in [1.29, 1.82) is 0 Å². The predicted molar refractivity (Wildman–Crippen MR) is 54.9 cm³/mol. The first kappa shape index (κ1) is 12.9. The minimum Gasteiger partial charge on any atom is -0.326 e. The highest BCUT2D eigenvalue weighted by Gasteiger charge is 2.27. The molecule has 0 rings (SSSR count). The van der Waals surface area contributed by atoms with Crippen LogP contribution in [-0.2, 0) is 10.0 Å². The Labute approximate surface area is 80.9 Å². The molecule has 0 heterocycles. The van der Waals surface area contributed by atoms with Gasteiger partial charge in [-0.05, 0) is 27.2 Å². The molecule has 0 amide bonds. The molecule has 5 heteroatoms. The van der Waals surface area contributed by atoms with Gasteiger partial charge in [-0.15, -0.1) is 0 Å². The minimum atomic E-state index is -3.16. The molecule has 0 saturated heterocycles. The van der Waals surface area contributed by atoms with Crippen LogP contribution in [0.5, 0.6) is 0 Å². The summed E-state index contributed by atoms with van der Waals surface area (Å²) in [5.74, 6) is 0.156. The first-order chi connectivity index (χ1) is 5.71. The number of nitrogens with two attached hydrogens (primary N) is 1. The van der Waals surface area contributed by atoms with Crippen LogP contribution >= 0.6 is 0 Å².